The van der Waals surface area contributed by atoms with Gasteiger partial charge in [0, 0.05) is 39.0 Å². The van der Waals surface area contributed by atoms with Gasteiger partial charge in [-0.1, -0.05) is 32.0 Å². The number of amides is 1. The summed E-state index contributed by atoms with van der Waals surface area (Å²) in [4.78, 5) is 29.9. The van der Waals surface area contributed by atoms with Crippen molar-refractivity contribution in [2.75, 3.05) is 0 Å². The smallest absolute Gasteiger partial charge is 0.407 e. The number of aromatic amines is 1. The lowest BCUT2D eigenvalue weighted by Crippen LogP contribution is -2.71. The van der Waals surface area contributed by atoms with Gasteiger partial charge in [0.15, 0.2) is 11.9 Å². The zero-order chi connectivity index (χ0) is 28.1. The molecular weight excluding hydrogens is 496 g/mol. The van der Waals surface area contributed by atoms with Crippen LogP contribution in [-0.2, 0) is 26.1 Å². The molecule has 208 valence electrons. The van der Waals surface area contributed by atoms with Crippen LogP contribution in [0.2, 0.25) is 0 Å². The highest BCUT2D eigenvalue weighted by molar-refractivity contribution is 5.97. The van der Waals surface area contributed by atoms with Gasteiger partial charge in [0.05, 0.1) is 0 Å². The number of hydrogen-bond acceptors (Lipinski definition) is 6. The fourth-order valence-corrected chi connectivity index (χ4v) is 7.89. The second kappa shape index (κ2) is 8.21. The second-order valence-corrected chi connectivity index (χ2v) is 13.0. The fourth-order valence-electron chi connectivity index (χ4n) is 7.89. The van der Waals surface area contributed by atoms with Gasteiger partial charge in [0.2, 0.25) is 0 Å². The molecule has 2 heterocycles. The van der Waals surface area contributed by atoms with Crippen molar-refractivity contribution in [2.45, 2.75) is 95.7 Å². The van der Waals surface area contributed by atoms with Gasteiger partial charge in [-0.25, -0.2) is 4.79 Å². The molecule has 8 heteroatoms. The number of alkyl carbamates (subject to hydrolysis) is 1. The average Bonchev–Trinajstić information content (AvgIpc) is 3.35. The van der Waals surface area contributed by atoms with Crippen molar-refractivity contribution < 1.29 is 29.3 Å². The molecule has 39 heavy (non-hydrogen) atoms. The Morgan fingerprint density at radius 3 is 2.67 bits per heavy atom. The van der Waals surface area contributed by atoms with E-state index in [1.54, 1.807) is 0 Å². The van der Waals surface area contributed by atoms with Crippen molar-refractivity contribution in [1.29, 1.82) is 0 Å². The number of hydrogen-bond donors (Lipinski definition) is 4. The van der Waals surface area contributed by atoms with Crippen molar-refractivity contribution in [3.05, 3.63) is 59.0 Å². The normalized spacial score (nSPS) is 35.3. The number of aromatic nitrogens is 1. The van der Waals surface area contributed by atoms with E-state index in [1.807, 2.05) is 39.0 Å². The summed E-state index contributed by atoms with van der Waals surface area (Å²) in [7, 11) is 0. The first kappa shape index (κ1) is 26.1. The second-order valence-electron chi connectivity index (χ2n) is 13.0. The third-order valence-corrected chi connectivity index (χ3v) is 10.0. The Balaban J connectivity index is 1.54. The third-order valence-electron chi connectivity index (χ3n) is 10.0. The fraction of sp³-hybridized carbons (Fsp3) is 0.548. The standard InChI is InChI=1S/C31H38N2O6/c1-16(2)32-27(35)39-24-14-17-13-19-18-9-7-8-10-21(18)33-25(19)30(17,6)29(5)12-11-23-20(31(24,29)37)15-22(34)26(38-23)28(3,4)36/h7-11,15-17,24,26,33,36-37H,12-14H2,1-6H3,(H,32,35)/t17-,24+,26+,29-,30-,31+/m1/s1. The minimum absolute atomic E-state index is 0.0883. The number of ether oxygens (including phenoxy) is 2. The summed E-state index contributed by atoms with van der Waals surface area (Å²) < 4.78 is 12.1. The predicted octanol–water partition coefficient (Wildman–Crippen LogP) is 4.20. The van der Waals surface area contributed by atoms with Gasteiger partial charge in [-0.15, -0.1) is 0 Å². The molecule has 2 aromatic rings. The van der Waals surface area contributed by atoms with Crippen LogP contribution in [0.15, 0.2) is 47.7 Å². The molecule has 4 aliphatic rings. The minimum atomic E-state index is -1.73. The summed E-state index contributed by atoms with van der Waals surface area (Å²) in [6, 6.07) is 8.09. The van der Waals surface area contributed by atoms with Crippen LogP contribution in [0.5, 0.6) is 0 Å². The Bertz CT molecular complexity index is 1450. The maximum atomic E-state index is 13.3. The van der Waals surface area contributed by atoms with Crippen molar-refractivity contribution in [1.82, 2.24) is 10.3 Å². The van der Waals surface area contributed by atoms with E-state index in [2.05, 4.69) is 29.4 Å². The number of fused-ring (bicyclic) bond motifs is 9. The molecule has 1 saturated carbocycles. The van der Waals surface area contributed by atoms with Gasteiger partial charge in [0.1, 0.15) is 23.1 Å². The van der Waals surface area contributed by atoms with Crippen LogP contribution in [0.3, 0.4) is 0 Å². The number of ketones is 1. The van der Waals surface area contributed by atoms with Gasteiger partial charge in [-0.3, -0.25) is 4.79 Å². The molecule has 0 bridgehead atoms. The number of carbonyl (C=O) groups excluding carboxylic acids is 2. The summed E-state index contributed by atoms with van der Waals surface area (Å²) in [5, 5.41) is 27.5. The lowest BCUT2D eigenvalue weighted by atomic mass is 9.43. The zero-order valence-corrected chi connectivity index (χ0v) is 23.4. The molecule has 1 amide bonds. The average molecular weight is 535 g/mol. The van der Waals surface area contributed by atoms with Crippen molar-refractivity contribution >= 4 is 22.8 Å². The monoisotopic (exact) mass is 534 g/mol. The molecule has 0 radical (unpaired) electrons. The van der Waals surface area contributed by atoms with Crippen molar-refractivity contribution in [3.63, 3.8) is 0 Å². The highest BCUT2D eigenvalue weighted by Gasteiger charge is 2.73. The number of H-pyrrole nitrogens is 1. The molecular formula is C31H38N2O6. The molecule has 6 rings (SSSR count). The summed E-state index contributed by atoms with van der Waals surface area (Å²) in [5.74, 6) is 0.0181. The molecule has 0 unspecified atom stereocenters. The Morgan fingerprint density at radius 1 is 1.26 bits per heavy atom. The first-order chi connectivity index (χ1) is 18.2. The Labute approximate surface area is 228 Å². The number of allylic oxidation sites excluding steroid dienone is 1. The molecule has 8 nitrogen and oxygen atoms in total. The van der Waals surface area contributed by atoms with Crippen LogP contribution >= 0.6 is 0 Å². The number of nitrogens with one attached hydrogen (secondary N) is 2. The lowest BCUT2D eigenvalue weighted by molar-refractivity contribution is -0.206. The van der Waals surface area contributed by atoms with Gasteiger partial charge >= 0.3 is 6.09 Å². The molecule has 4 N–H and O–H groups in total. The van der Waals surface area contributed by atoms with Gasteiger partial charge in [0.25, 0.3) is 0 Å². The molecule has 1 aliphatic heterocycles. The van der Waals surface area contributed by atoms with Crippen LogP contribution in [0, 0.1) is 11.3 Å². The van der Waals surface area contributed by atoms with Crippen LogP contribution in [0.1, 0.15) is 65.6 Å². The third kappa shape index (κ3) is 3.37. The number of aliphatic hydroxyl groups is 2. The summed E-state index contributed by atoms with van der Waals surface area (Å²) >= 11 is 0. The number of rotatable bonds is 3. The SMILES string of the molecule is CC(C)NC(=O)O[C@H]1C[C@H]2Cc3c([nH]c4ccccc34)[C@]2(C)[C@@]2(C)CC=C3O[C@H](C(C)(C)O)C(=O)C=C3[C@]12O. The summed E-state index contributed by atoms with van der Waals surface area (Å²) in [6.45, 7) is 11.0. The van der Waals surface area contributed by atoms with E-state index in [1.165, 1.54) is 30.9 Å². The zero-order valence-electron chi connectivity index (χ0n) is 23.4. The van der Waals surface area contributed by atoms with Gasteiger partial charge in [-0.2, -0.15) is 0 Å². The van der Waals surface area contributed by atoms with Gasteiger partial charge in [-0.05, 0) is 76.7 Å². The highest BCUT2D eigenvalue weighted by atomic mass is 16.6. The molecule has 3 aliphatic carbocycles. The number of carbonyl (C=O) groups is 2. The Hall–Kier alpha value is -3.10. The first-order valence-corrected chi connectivity index (χ1v) is 13.9. The van der Waals surface area contributed by atoms with Crippen molar-refractivity contribution in [3.8, 4) is 0 Å². The van der Waals surface area contributed by atoms with E-state index < -0.39 is 46.1 Å². The predicted molar refractivity (Wildman–Crippen MR) is 146 cm³/mol. The van der Waals surface area contributed by atoms with E-state index in [9.17, 15) is 19.8 Å². The molecule has 1 aromatic heterocycles. The molecule has 0 spiro atoms. The Morgan fingerprint density at radius 2 is 1.97 bits per heavy atom. The van der Waals surface area contributed by atoms with Crippen molar-refractivity contribution in [2.24, 2.45) is 11.3 Å². The van der Waals surface area contributed by atoms with E-state index >= 15 is 0 Å². The van der Waals surface area contributed by atoms with Crippen LogP contribution in [0.4, 0.5) is 4.79 Å². The maximum Gasteiger partial charge on any atom is 0.407 e. The van der Waals surface area contributed by atoms with E-state index in [0.717, 1.165) is 17.6 Å². The Kier molecular flexibility index (Phi) is 5.50. The number of para-hydroxylation sites is 1. The lowest BCUT2D eigenvalue weighted by Gasteiger charge is -2.64. The molecule has 1 aromatic carbocycles. The molecule has 1 fully saturated rings. The summed E-state index contributed by atoms with van der Waals surface area (Å²) in [6.07, 6.45) is 2.34. The maximum absolute atomic E-state index is 13.3. The highest BCUT2D eigenvalue weighted by Crippen LogP contribution is 2.69. The van der Waals surface area contributed by atoms with E-state index in [-0.39, 0.29) is 12.0 Å². The summed E-state index contributed by atoms with van der Waals surface area (Å²) in [5.41, 5.74) is -0.833. The van der Waals surface area contributed by atoms with Crippen LogP contribution in [0.25, 0.3) is 10.9 Å². The van der Waals surface area contributed by atoms with Crippen LogP contribution in [-0.4, -0.2) is 56.5 Å². The van der Waals surface area contributed by atoms with Crippen LogP contribution < -0.4 is 5.32 Å². The number of benzene rings is 1. The molecule has 6 atom stereocenters. The largest absolute Gasteiger partial charge is 0.479 e. The molecule has 0 saturated heterocycles. The minimum Gasteiger partial charge on any atom is -0.479 e. The van der Waals surface area contributed by atoms with E-state index in [0.29, 0.717) is 24.2 Å². The topological polar surface area (TPSA) is 121 Å². The van der Waals surface area contributed by atoms with Gasteiger partial charge < -0.3 is 30.0 Å². The first-order valence-electron chi connectivity index (χ1n) is 13.9. The quantitative estimate of drug-likeness (QED) is 0.469. The van der Waals surface area contributed by atoms with E-state index in [4.69, 9.17) is 9.47 Å².